The Kier molecular flexibility index (Phi) is 6.21. The van der Waals surface area contributed by atoms with E-state index in [2.05, 4.69) is 0 Å². The number of aryl methyl sites for hydroxylation is 1. The first-order valence-corrected chi connectivity index (χ1v) is 7.10. The Balaban J connectivity index is 2.77. The molecule has 0 spiro atoms. The maximum Gasteiger partial charge on any atom is 0.323 e. The molecule has 0 radical (unpaired) electrons. The normalized spacial score (nSPS) is 13.3. The summed E-state index contributed by atoms with van der Waals surface area (Å²) in [7, 11) is 0. The Morgan fingerprint density at radius 1 is 1.24 bits per heavy atom. The third-order valence-electron chi connectivity index (χ3n) is 3.39. The molecule has 2 unspecified atom stereocenters. The van der Waals surface area contributed by atoms with Crippen molar-refractivity contribution >= 4 is 11.9 Å². The molecule has 0 saturated carbocycles. The summed E-state index contributed by atoms with van der Waals surface area (Å²) in [6, 6.07) is 7.25. The summed E-state index contributed by atoms with van der Waals surface area (Å²) in [5.74, 6) is -0.737. The van der Waals surface area contributed by atoms with Crippen molar-refractivity contribution in [2.45, 2.75) is 46.3 Å². The van der Waals surface area contributed by atoms with Crippen LogP contribution in [0.5, 0.6) is 5.75 Å². The van der Waals surface area contributed by atoms with Crippen molar-refractivity contribution in [2.24, 2.45) is 0 Å². The van der Waals surface area contributed by atoms with E-state index in [1.807, 2.05) is 32.9 Å². The highest BCUT2D eigenvalue weighted by molar-refractivity contribution is 5.84. The van der Waals surface area contributed by atoms with Crippen molar-refractivity contribution in [3.05, 3.63) is 29.8 Å². The lowest BCUT2D eigenvalue weighted by atomic mass is 10.2. The second-order valence-electron chi connectivity index (χ2n) is 5.19. The summed E-state index contributed by atoms with van der Waals surface area (Å²) >= 11 is 0. The molecule has 116 valence electrons. The number of rotatable bonds is 7. The third kappa shape index (κ3) is 5.10. The number of hydrogen-bond acceptors (Lipinski definition) is 3. The number of carbonyl (C=O) groups is 2. The van der Waals surface area contributed by atoms with E-state index >= 15 is 0 Å². The Morgan fingerprint density at radius 3 is 2.29 bits per heavy atom. The smallest absolute Gasteiger partial charge is 0.323 e. The number of carbonyl (C=O) groups excluding carboxylic acids is 1. The van der Waals surface area contributed by atoms with Gasteiger partial charge in [0.05, 0.1) is 0 Å². The Morgan fingerprint density at radius 2 is 1.81 bits per heavy atom. The van der Waals surface area contributed by atoms with Gasteiger partial charge in [-0.3, -0.25) is 9.59 Å². The molecule has 0 aliphatic heterocycles. The van der Waals surface area contributed by atoms with Crippen LogP contribution in [0.2, 0.25) is 0 Å². The van der Waals surface area contributed by atoms with Gasteiger partial charge in [-0.15, -0.1) is 0 Å². The summed E-state index contributed by atoms with van der Waals surface area (Å²) in [5, 5.41) is 8.94. The fourth-order valence-electron chi connectivity index (χ4n) is 1.92. The van der Waals surface area contributed by atoms with E-state index in [0.717, 1.165) is 5.56 Å². The van der Waals surface area contributed by atoms with Crippen LogP contribution in [0.4, 0.5) is 0 Å². The van der Waals surface area contributed by atoms with Crippen LogP contribution < -0.4 is 4.74 Å². The first kappa shape index (κ1) is 17.0. The second-order valence-corrected chi connectivity index (χ2v) is 5.19. The Labute approximate surface area is 125 Å². The highest BCUT2D eigenvalue weighted by atomic mass is 16.5. The predicted octanol–water partition coefficient (Wildman–Crippen LogP) is 2.47. The van der Waals surface area contributed by atoms with Crippen LogP contribution in [-0.2, 0) is 9.59 Å². The zero-order valence-corrected chi connectivity index (χ0v) is 13.0. The molecule has 5 heteroatoms. The molecular weight excluding hydrogens is 270 g/mol. The van der Waals surface area contributed by atoms with Crippen molar-refractivity contribution in [2.75, 3.05) is 6.54 Å². The minimum Gasteiger partial charge on any atom is -0.481 e. The summed E-state index contributed by atoms with van der Waals surface area (Å²) < 4.78 is 5.60. The third-order valence-corrected chi connectivity index (χ3v) is 3.39. The lowest BCUT2D eigenvalue weighted by molar-refractivity contribution is -0.149. The summed E-state index contributed by atoms with van der Waals surface area (Å²) in [4.78, 5) is 24.7. The van der Waals surface area contributed by atoms with E-state index in [0.29, 0.717) is 12.2 Å². The SMILES string of the molecule is CCC(C)N(CC(=O)O)C(=O)C(C)Oc1ccc(C)cc1. The Hall–Kier alpha value is -2.04. The number of hydrogen-bond donors (Lipinski definition) is 1. The highest BCUT2D eigenvalue weighted by Crippen LogP contribution is 2.15. The second kappa shape index (κ2) is 7.67. The minimum absolute atomic E-state index is 0.141. The van der Waals surface area contributed by atoms with Gasteiger partial charge < -0.3 is 14.7 Å². The van der Waals surface area contributed by atoms with E-state index in [-0.39, 0.29) is 18.5 Å². The van der Waals surface area contributed by atoms with Crippen LogP contribution in [-0.4, -0.2) is 40.6 Å². The monoisotopic (exact) mass is 293 g/mol. The molecule has 1 N–H and O–H groups in total. The van der Waals surface area contributed by atoms with Gasteiger partial charge in [-0.2, -0.15) is 0 Å². The summed E-state index contributed by atoms with van der Waals surface area (Å²) in [5.41, 5.74) is 1.11. The molecule has 0 aliphatic carbocycles. The zero-order valence-electron chi connectivity index (χ0n) is 13.0. The number of ether oxygens (including phenoxy) is 1. The molecule has 0 aromatic heterocycles. The lowest BCUT2D eigenvalue weighted by Gasteiger charge is -2.29. The molecule has 0 fully saturated rings. The van der Waals surface area contributed by atoms with Gasteiger partial charge in [-0.1, -0.05) is 24.6 Å². The topological polar surface area (TPSA) is 66.8 Å². The molecule has 21 heavy (non-hydrogen) atoms. The lowest BCUT2D eigenvalue weighted by Crippen LogP contribution is -2.47. The molecule has 5 nitrogen and oxygen atoms in total. The van der Waals surface area contributed by atoms with Crippen molar-refractivity contribution in [1.29, 1.82) is 0 Å². The van der Waals surface area contributed by atoms with Crippen LogP contribution in [0.1, 0.15) is 32.8 Å². The number of amides is 1. The average molecular weight is 293 g/mol. The Bertz CT molecular complexity index is 484. The molecule has 0 heterocycles. The summed E-state index contributed by atoms with van der Waals surface area (Å²) in [6.45, 7) is 7.04. The van der Waals surface area contributed by atoms with Gasteiger partial charge in [0, 0.05) is 6.04 Å². The number of benzene rings is 1. The summed E-state index contributed by atoms with van der Waals surface area (Å²) in [6.07, 6.45) is -0.0305. The van der Waals surface area contributed by atoms with Crippen molar-refractivity contribution < 1.29 is 19.4 Å². The van der Waals surface area contributed by atoms with Crippen LogP contribution in [0.3, 0.4) is 0 Å². The minimum atomic E-state index is -1.02. The van der Waals surface area contributed by atoms with E-state index in [1.165, 1.54) is 4.90 Å². The molecule has 0 saturated heterocycles. The molecule has 1 rings (SSSR count). The van der Waals surface area contributed by atoms with E-state index in [9.17, 15) is 9.59 Å². The number of nitrogens with zero attached hydrogens (tertiary/aromatic N) is 1. The van der Waals surface area contributed by atoms with E-state index in [4.69, 9.17) is 9.84 Å². The first-order chi connectivity index (χ1) is 9.85. The van der Waals surface area contributed by atoms with Gasteiger partial charge in [-0.25, -0.2) is 0 Å². The maximum atomic E-state index is 12.4. The van der Waals surface area contributed by atoms with Gasteiger partial charge in [0.25, 0.3) is 5.91 Å². The fraction of sp³-hybridized carbons (Fsp3) is 0.500. The number of aliphatic carboxylic acids is 1. The number of carboxylic acid groups (broad SMARTS) is 1. The first-order valence-electron chi connectivity index (χ1n) is 7.10. The maximum absolute atomic E-state index is 12.4. The van der Waals surface area contributed by atoms with Gasteiger partial charge in [-0.05, 0) is 39.3 Å². The van der Waals surface area contributed by atoms with Crippen molar-refractivity contribution in [3.8, 4) is 5.75 Å². The largest absolute Gasteiger partial charge is 0.481 e. The van der Waals surface area contributed by atoms with Gasteiger partial charge in [0.2, 0.25) is 0 Å². The van der Waals surface area contributed by atoms with E-state index in [1.54, 1.807) is 19.1 Å². The van der Waals surface area contributed by atoms with Crippen molar-refractivity contribution in [1.82, 2.24) is 4.90 Å². The predicted molar refractivity (Wildman–Crippen MR) is 80.4 cm³/mol. The van der Waals surface area contributed by atoms with Gasteiger partial charge >= 0.3 is 5.97 Å². The molecule has 2 atom stereocenters. The molecule has 0 aliphatic rings. The van der Waals surface area contributed by atoms with Crippen LogP contribution in [0.25, 0.3) is 0 Å². The molecule has 1 amide bonds. The highest BCUT2D eigenvalue weighted by Gasteiger charge is 2.27. The van der Waals surface area contributed by atoms with E-state index < -0.39 is 12.1 Å². The van der Waals surface area contributed by atoms with Crippen molar-refractivity contribution in [3.63, 3.8) is 0 Å². The molecule has 0 bridgehead atoms. The molecule has 1 aromatic rings. The van der Waals surface area contributed by atoms with Gasteiger partial charge in [0.15, 0.2) is 6.10 Å². The van der Waals surface area contributed by atoms with Crippen LogP contribution in [0.15, 0.2) is 24.3 Å². The standard InChI is InChI=1S/C16H23NO4/c1-5-12(3)17(10-15(18)19)16(20)13(4)21-14-8-6-11(2)7-9-14/h6-9,12-13H,5,10H2,1-4H3,(H,18,19). The molecule has 1 aromatic carbocycles. The van der Waals surface area contributed by atoms with Gasteiger partial charge in [0.1, 0.15) is 12.3 Å². The fourth-order valence-corrected chi connectivity index (χ4v) is 1.92. The average Bonchev–Trinajstić information content (AvgIpc) is 2.45. The molecular formula is C16H23NO4. The van der Waals surface area contributed by atoms with Crippen LogP contribution in [0, 0.1) is 6.92 Å². The number of carboxylic acids is 1. The quantitative estimate of drug-likeness (QED) is 0.838. The van der Waals surface area contributed by atoms with Crippen LogP contribution >= 0.6 is 0 Å². The zero-order chi connectivity index (χ0) is 16.0.